The Hall–Kier alpha value is -7.74. The molecule has 1 heteroatoms. The molecule has 1 aliphatic rings. The average Bonchev–Trinajstić information content (AvgIpc) is 3.65. The van der Waals surface area contributed by atoms with Crippen molar-refractivity contribution in [3.8, 4) is 44.5 Å². The van der Waals surface area contributed by atoms with Gasteiger partial charge < -0.3 is 4.90 Å². The molecule has 1 nitrogen and oxygen atoms in total. The second-order valence-corrected chi connectivity index (χ2v) is 15.6. The molecule has 0 amide bonds. The van der Waals surface area contributed by atoms with Crippen LogP contribution >= 0.6 is 0 Å². The van der Waals surface area contributed by atoms with Crippen molar-refractivity contribution in [2.45, 2.75) is 5.41 Å². The van der Waals surface area contributed by atoms with Crippen molar-refractivity contribution in [1.82, 2.24) is 0 Å². The molecule has 11 rings (SSSR count). The summed E-state index contributed by atoms with van der Waals surface area (Å²) in [5.41, 5.74) is 17.5. The van der Waals surface area contributed by atoms with Gasteiger partial charge in [0.1, 0.15) is 0 Å². The first kappa shape index (κ1) is 35.4. The van der Waals surface area contributed by atoms with E-state index in [1.165, 1.54) is 77.5 Å². The quantitative estimate of drug-likeness (QED) is 0.149. The summed E-state index contributed by atoms with van der Waals surface area (Å²) in [6, 6.07) is 91.2. The lowest BCUT2D eigenvalue weighted by molar-refractivity contribution is 0.775. The molecule has 0 saturated carbocycles. The van der Waals surface area contributed by atoms with E-state index in [2.05, 4.69) is 254 Å². The van der Waals surface area contributed by atoms with E-state index in [-0.39, 0.29) is 0 Å². The summed E-state index contributed by atoms with van der Waals surface area (Å²) in [6.45, 7) is 0. The zero-order chi connectivity index (χ0) is 39.9. The van der Waals surface area contributed by atoms with Crippen molar-refractivity contribution < 1.29 is 0 Å². The Morgan fingerprint density at radius 1 is 0.317 bits per heavy atom. The number of rotatable bonds is 8. The van der Waals surface area contributed by atoms with Crippen molar-refractivity contribution in [2.75, 3.05) is 4.90 Å². The van der Waals surface area contributed by atoms with Crippen molar-refractivity contribution in [1.29, 1.82) is 0 Å². The van der Waals surface area contributed by atoms with Crippen LogP contribution in [0.1, 0.15) is 22.3 Å². The standard InChI is InChI=1S/C59H41N/c1-6-18-42(19-7-1)45-30-35-51(36-31-45)60(52-37-32-46(33-38-52)43-20-8-2-9-21-43)56-41-48-24-16-17-29-53(48)58-57(56)54-40-47(44-22-10-3-11-23-44)34-39-55(54)59(58,49-25-12-4-13-26-49)50-27-14-5-15-28-50/h1-41H. The van der Waals surface area contributed by atoms with Gasteiger partial charge in [0.25, 0.3) is 0 Å². The first-order valence-electron chi connectivity index (χ1n) is 20.8. The van der Waals surface area contributed by atoms with Crippen LogP contribution in [0.3, 0.4) is 0 Å². The summed E-state index contributed by atoms with van der Waals surface area (Å²) in [7, 11) is 0. The SMILES string of the molecule is c1ccc(-c2ccc(N(c3ccc(-c4ccccc4)cc3)c3cc4ccccc4c4c3-c3cc(-c5ccccc5)ccc3C4(c3ccccc3)c3ccccc3)cc2)cc1. The highest BCUT2D eigenvalue weighted by atomic mass is 15.1. The van der Waals surface area contributed by atoms with Gasteiger partial charge in [-0.2, -0.15) is 0 Å². The molecule has 0 fully saturated rings. The van der Waals surface area contributed by atoms with Crippen molar-refractivity contribution in [3.63, 3.8) is 0 Å². The first-order valence-corrected chi connectivity index (χ1v) is 20.8. The third-order valence-electron chi connectivity index (χ3n) is 12.3. The number of nitrogens with zero attached hydrogens (tertiary/aromatic N) is 1. The summed E-state index contributed by atoms with van der Waals surface area (Å²) in [6.07, 6.45) is 0. The summed E-state index contributed by atoms with van der Waals surface area (Å²) in [4.78, 5) is 2.49. The van der Waals surface area contributed by atoms with Gasteiger partial charge in [0.2, 0.25) is 0 Å². The molecule has 10 aromatic carbocycles. The largest absolute Gasteiger partial charge is 0.310 e. The molecular formula is C59H41N. The smallest absolute Gasteiger partial charge is 0.0720 e. The molecule has 0 bridgehead atoms. The van der Waals surface area contributed by atoms with Gasteiger partial charge >= 0.3 is 0 Å². The molecular weight excluding hydrogens is 723 g/mol. The van der Waals surface area contributed by atoms with Gasteiger partial charge in [0.05, 0.1) is 11.1 Å². The molecule has 1 aliphatic carbocycles. The second kappa shape index (κ2) is 14.9. The van der Waals surface area contributed by atoms with E-state index in [1.807, 2.05) is 0 Å². The van der Waals surface area contributed by atoms with E-state index in [9.17, 15) is 0 Å². The lowest BCUT2D eigenvalue weighted by Crippen LogP contribution is -2.29. The lowest BCUT2D eigenvalue weighted by atomic mass is 9.66. The van der Waals surface area contributed by atoms with Crippen LogP contribution in [0.4, 0.5) is 17.1 Å². The summed E-state index contributed by atoms with van der Waals surface area (Å²) in [5, 5.41) is 2.45. The molecule has 0 aromatic heterocycles. The Bertz CT molecular complexity index is 2960. The maximum atomic E-state index is 2.49. The molecule has 0 unspecified atom stereocenters. The molecule has 0 atom stereocenters. The Morgan fingerprint density at radius 2 is 0.717 bits per heavy atom. The predicted molar refractivity (Wildman–Crippen MR) is 252 cm³/mol. The fraction of sp³-hybridized carbons (Fsp3) is 0.0169. The molecule has 0 spiro atoms. The minimum absolute atomic E-state index is 0.599. The second-order valence-electron chi connectivity index (χ2n) is 15.6. The molecule has 0 heterocycles. The zero-order valence-corrected chi connectivity index (χ0v) is 33.1. The van der Waals surface area contributed by atoms with Crippen LogP contribution in [0.25, 0.3) is 55.3 Å². The normalized spacial score (nSPS) is 12.5. The van der Waals surface area contributed by atoms with Gasteiger partial charge in [-0.1, -0.05) is 212 Å². The van der Waals surface area contributed by atoms with Gasteiger partial charge in [-0.3, -0.25) is 0 Å². The third kappa shape index (κ3) is 5.86. The molecule has 0 aliphatic heterocycles. The Balaban J connectivity index is 1.25. The van der Waals surface area contributed by atoms with Gasteiger partial charge in [-0.15, -0.1) is 0 Å². The fourth-order valence-electron chi connectivity index (χ4n) is 9.63. The fourth-order valence-corrected chi connectivity index (χ4v) is 9.63. The number of hydrogen-bond acceptors (Lipinski definition) is 1. The maximum absolute atomic E-state index is 2.49. The zero-order valence-electron chi connectivity index (χ0n) is 33.1. The van der Waals surface area contributed by atoms with Crippen molar-refractivity contribution in [2.24, 2.45) is 0 Å². The average molecular weight is 764 g/mol. The van der Waals surface area contributed by atoms with Crippen LogP contribution < -0.4 is 4.90 Å². The number of fused-ring (bicyclic) bond motifs is 5. The van der Waals surface area contributed by atoms with Gasteiger partial charge in [-0.05, 0) is 108 Å². The van der Waals surface area contributed by atoms with Gasteiger partial charge in [0.15, 0.2) is 0 Å². The number of hydrogen-bond donors (Lipinski definition) is 0. The van der Waals surface area contributed by atoms with E-state index in [0.29, 0.717) is 0 Å². The molecule has 0 N–H and O–H groups in total. The molecule has 282 valence electrons. The van der Waals surface area contributed by atoms with Crippen LogP contribution in [0, 0.1) is 0 Å². The van der Waals surface area contributed by atoms with E-state index >= 15 is 0 Å². The van der Waals surface area contributed by atoms with Gasteiger partial charge in [0, 0.05) is 16.9 Å². The van der Waals surface area contributed by atoms with E-state index < -0.39 is 5.41 Å². The Morgan fingerprint density at radius 3 is 1.22 bits per heavy atom. The monoisotopic (exact) mass is 763 g/mol. The Labute approximate surface area is 352 Å². The van der Waals surface area contributed by atoms with Crippen molar-refractivity contribution >= 4 is 27.8 Å². The summed E-state index contributed by atoms with van der Waals surface area (Å²) in [5.74, 6) is 0. The Kier molecular flexibility index (Phi) is 8.79. The van der Waals surface area contributed by atoms with Crippen LogP contribution in [0.2, 0.25) is 0 Å². The summed E-state index contributed by atoms with van der Waals surface area (Å²) >= 11 is 0. The maximum Gasteiger partial charge on any atom is 0.0720 e. The van der Waals surface area contributed by atoms with E-state index in [0.717, 1.165) is 17.1 Å². The molecule has 0 saturated heterocycles. The van der Waals surface area contributed by atoms with Crippen LogP contribution in [-0.4, -0.2) is 0 Å². The van der Waals surface area contributed by atoms with Crippen LogP contribution in [0.15, 0.2) is 249 Å². The highest BCUT2D eigenvalue weighted by Crippen LogP contribution is 2.62. The first-order chi connectivity index (χ1) is 29.8. The lowest BCUT2D eigenvalue weighted by Gasteiger charge is -2.35. The minimum Gasteiger partial charge on any atom is -0.310 e. The van der Waals surface area contributed by atoms with Crippen LogP contribution in [0.5, 0.6) is 0 Å². The predicted octanol–water partition coefficient (Wildman–Crippen LogP) is 15.7. The van der Waals surface area contributed by atoms with Gasteiger partial charge in [-0.25, -0.2) is 0 Å². The number of benzene rings is 10. The highest BCUT2D eigenvalue weighted by molar-refractivity contribution is 6.08. The van der Waals surface area contributed by atoms with Crippen LogP contribution in [-0.2, 0) is 5.41 Å². The van der Waals surface area contributed by atoms with E-state index in [4.69, 9.17) is 0 Å². The summed E-state index contributed by atoms with van der Waals surface area (Å²) < 4.78 is 0. The molecule has 10 aromatic rings. The highest BCUT2D eigenvalue weighted by Gasteiger charge is 2.48. The number of anilines is 3. The third-order valence-corrected chi connectivity index (χ3v) is 12.3. The van der Waals surface area contributed by atoms with E-state index in [1.54, 1.807) is 0 Å². The molecule has 60 heavy (non-hydrogen) atoms. The minimum atomic E-state index is -0.599. The topological polar surface area (TPSA) is 3.24 Å². The molecule has 0 radical (unpaired) electrons. The van der Waals surface area contributed by atoms with Crippen molar-refractivity contribution in [3.05, 3.63) is 271 Å².